The van der Waals surface area contributed by atoms with Crippen LogP contribution in [0.25, 0.3) is 11.0 Å². The number of aromatic amines is 1. The van der Waals surface area contributed by atoms with E-state index in [9.17, 15) is 15.0 Å². The SMILES string of the molecule is N#Cc1ccc2nc(SC3=C(O)CC(CCc4ccc(O)c(Cl)c4)(C4CCCC4)OC3=O)[nH]c2c1. The number of hydrogen-bond donors (Lipinski definition) is 3. The monoisotopic (exact) mass is 509 g/mol. The van der Waals surface area contributed by atoms with E-state index >= 15 is 0 Å². The third-order valence-corrected chi connectivity index (χ3v) is 8.24. The summed E-state index contributed by atoms with van der Waals surface area (Å²) < 4.78 is 6.15. The minimum atomic E-state index is -0.790. The maximum atomic E-state index is 13.2. The van der Waals surface area contributed by atoms with E-state index in [2.05, 4.69) is 16.0 Å². The zero-order valence-electron chi connectivity index (χ0n) is 18.9. The molecule has 3 N–H and O–H groups in total. The largest absolute Gasteiger partial charge is 0.511 e. The Morgan fingerprint density at radius 3 is 2.74 bits per heavy atom. The van der Waals surface area contributed by atoms with E-state index in [4.69, 9.17) is 21.6 Å². The first kappa shape index (κ1) is 23.6. The first-order valence-corrected chi connectivity index (χ1v) is 12.8. The van der Waals surface area contributed by atoms with Crippen LogP contribution < -0.4 is 0 Å². The van der Waals surface area contributed by atoms with E-state index in [0.717, 1.165) is 43.0 Å². The van der Waals surface area contributed by atoms with Crippen molar-refractivity contribution in [3.63, 3.8) is 0 Å². The van der Waals surface area contributed by atoms with Crippen molar-refractivity contribution < 1.29 is 19.7 Å². The Bertz CT molecular complexity index is 1370. The lowest BCUT2D eigenvalue weighted by Crippen LogP contribution is -2.45. The van der Waals surface area contributed by atoms with Crippen molar-refractivity contribution in [1.29, 1.82) is 5.26 Å². The molecule has 2 heterocycles. The van der Waals surface area contributed by atoms with Gasteiger partial charge >= 0.3 is 5.97 Å². The Balaban J connectivity index is 1.40. The summed E-state index contributed by atoms with van der Waals surface area (Å²) in [6, 6.07) is 12.3. The van der Waals surface area contributed by atoms with Crippen molar-refractivity contribution in [3.8, 4) is 11.8 Å². The number of fused-ring (bicyclic) bond motifs is 1. The van der Waals surface area contributed by atoms with Gasteiger partial charge < -0.3 is 19.9 Å². The predicted molar refractivity (Wildman–Crippen MR) is 133 cm³/mol. The van der Waals surface area contributed by atoms with E-state index in [-0.39, 0.29) is 33.8 Å². The number of carbonyl (C=O) groups is 1. The van der Waals surface area contributed by atoms with Crippen molar-refractivity contribution in [3.05, 3.63) is 63.2 Å². The van der Waals surface area contributed by atoms with Gasteiger partial charge in [0.1, 0.15) is 22.0 Å². The van der Waals surface area contributed by atoms with Gasteiger partial charge in [0.25, 0.3) is 0 Å². The van der Waals surface area contributed by atoms with Crippen molar-refractivity contribution in [1.82, 2.24) is 9.97 Å². The maximum absolute atomic E-state index is 13.2. The summed E-state index contributed by atoms with van der Waals surface area (Å²) in [6.07, 6.45) is 5.44. The van der Waals surface area contributed by atoms with Gasteiger partial charge in [-0.25, -0.2) is 9.78 Å². The molecule has 1 aliphatic heterocycles. The number of halogens is 1. The van der Waals surface area contributed by atoms with E-state index < -0.39 is 11.6 Å². The lowest BCUT2D eigenvalue weighted by Gasteiger charge is -2.41. The molecular formula is C26H24ClN3O4S. The zero-order valence-corrected chi connectivity index (χ0v) is 20.5. The number of aromatic nitrogens is 2. The molecule has 7 nitrogen and oxygen atoms in total. The lowest BCUT2D eigenvalue weighted by atomic mass is 9.77. The molecule has 1 saturated carbocycles. The number of nitrogens with one attached hydrogen (secondary N) is 1. The molecule has 180 valence electrons. The smallest absolute Gasteiger partial charge is 0.349 e. The Morgan fingerprint density at radius 1 is 1.23 bits per heavy atom. The highest BCUT2D eigenvalue weighted by molar-refractivity contribution is 8.03. The summed E-state index contributed by atoms with van der Waals surface area (Å²) in [4.78, 5) is 20.9. The molecule has 1 aliphatic carbocycles. The highest BCUT2D eigenvalue weighted by atomic mass is 35.5. The van der Waals surface area contributed by atoms with Gasteiger partial charge in [0, 0.05) is 6.42 Å². The highest BCUT2D eigenvalue weighted by Crippen LogP contribution is 2.47. The molecule has 35 heavy (non-hydrogen) atoms. The molecule has 0 bridgehead atoms. The quantitative estimate of drug-likeness (QED) is 0.340. The first-order valence-electron chi connectivity index (χ1n) is 11.6. The topological polar surface area (TPSA) is 119 Å². The van der Waals surface area contributed by atoms with E-state index in [1.165, 1.54) is 0 Å². The maximum Gasteiger partial charge on any atom is 0.349 e. The Kier molecular flexibility index (Phi) is 6.39. The lowest BCUT2D eigenvalue weighted by molar-refractivity contribution is -0.166. The summed E-state index contributed by atoms with van der Waals surface area (Å²) in [5, 5.41) is 30.6. The number of phenols is 1. The first-order chi connectivity index (χ1) is 16.9. The van der Waals surface area contributed by atoms with Crippen LogP contribution in [0, 0.1) is 17.2 Å². The molecule has 1 aromatic heterocycles. The molecular weight excluding hydrogens is 486 g/mol. The summed E-state index contributed by atoms with van der Waals surface area (Å²) >= 11 is 7.12. The van der Waals surface area contributed by atoms with Crippen molar-refractivity contribution in [2.45, 2.75) is 55.7 Å². The van der Waals surface area contributed by atoms with Crippen LogP contribution in [0.1, 0.15) is 49.7 Å². The molecule has 2 aromatic carbocycles. The van der Waals surface area contributed by atoms with Crippen LogP contribution in [-0.4, -0.2) is 31.8 Å². The summed E-state index contributed by atoms with van der Waals surface area (Å²) in [6.45, 7) is 0. The van der Waals surface area contributed by atoms with Crippen LogP contribution in [0.2, 0.25) is 5.02 Å². The number of ether oxygens (including phenoxy) is 1. The molecule has 9 heteroatoms. The molecule has 1 atom stereocenters. The molecule has 0 radical (unpaired) electrons. The Hall–Kier alpha value is -3.15. The number of imidazole rings is 1. The van der Waals surface area contributed by atoms with Gasteiger partial charge in [-0.2, -0.15) is 5.26 Å². The predicted octanol–water partition coefficient (Wildman–Crippen LogP) is 6.16. The third kappa shape index (κ3) is 4.71. The van der Waals surface area contributed by atoms with Gasteiger partial charge in [-0.15, -0.1) is 0 Å². The van der Waals surface area contributed by atoms with Crippen molar-refractivity contribution in [2.24, 2.45) is 5.92 Å². The average molecular weight is 510 g/mol. The minimum Gasteiger partial charge on any atom is -0.511 e. The molecule has 0 amide bonds. The van der Waals surface area contributed by atoms with Crippen molar-refractivity contribution in [2.75, 3.05) is 0 Å². The standard InChI is InChI=1S/C26H24ClN3O4S/c27-18-11-15(6-8-21(18)31)9-10-26(17-3-1-2-4-17)13-22(32)23(24(33)34-26)35-25-29-19-7-5-16(14-28)12-20(19)30-25/h5-8,11-12,17,31-32H,1-4,9-10,13H2,(H,29,30). The second-order valence-electron chi connectivity index (χ2n) is 9.16. The molecule has 0 spiro atoms. The third-order valence-electron chi connectivity index (χ3n) is 6.95. The number of thioether (sulfide) groups is 1. The minimum absolute atomic E-state index is 0.0139. The number of aryl methyl sites for hydroxylation is 1. The van der Waals surface area contributed by atoms with Crippen LogP contribution in [0.4, 0.5) is 0 Å². The number of cyclic esters (lactones) is 1. The Labute approximate surface area is 211 Å². The number of esters is 1. The number of aromatic hydroxyl groups is 1. The number of hydrogen-bond acceptors (Lipinski definition) is 7. The Morgan fingerprint density at radius 2 is 2.03 bits per heavy atom. The van der Waals surface area contributed by atoms with Crippen LogP contribution >= 0.6 is 23.4 Å². The van der Waals surface area contributed by atoms with Gasteiger partial charge in [0.15, 0.2) is 5.16 Å². The van der Waals surface area contributed by atoms with E-state index in [1.807, 2.05) is 6.07 Å². The van der Waals surface area contributed by atoms with Crippen LogP contribution in [-0.2, 0) is 16.0 Å². The number of benzene rings is 2. The molecule has 1 fully saturated rings. The fourth-order valence-electron chi connectivity index (χ4n) is 5.13. The fraction of sp³-hybridized carbons (Fsp3) is 0.346. The van der Waals surface area contributed by atoms with Gasteiger partial charge in [-0.3, -0.25) is 0 Å². The molecule has 5 rings (SSSR count). The molecule has 2 aliphatic rings. The molecule has 3 aromatic rings. The van der Waals surface area contributed by atoms with E-state index in [0.29, 0.717) is 34.6 Å². The van der Waals surface area contributed by atoms with Crippen LogP contribution in [0.5, 0.6) is 5.75 Å². The van der Waals surface area contributed by atoms with Gasteiger partial charge in [0.2, 0.25) is 0 Å². The number of nitrogens with zero attached hydrogens (tertiary/aromatic N) is 2. The average Bonchev–Trinajstić information content (AvgIpc) is 3.52. The molecule has 1 unspecified atom stereocenters. The number of nitriles is 1. The fourth-order valence-corrected chi connectivity index (χ4v) is 6.15. The second kappa shape index (κ2) is 9.48. The number of aliphatic hydroxyl groups is 1. The van der Waals surface area contributed by atoms with Crippen LogP contribution in [0.15, 0.2) is 52.2 Å². The van der Waals surface area contributed by atoms with Gasteiger partial charge in [-0.1, -0.05) is 30.5 Å². The van der Waals surface area contributed by atoms with Crippen molar-refractivity contribution >= 4 is 40.4 Å². The van der Waals surface area contributed by atoms with Gasteiger partial charge in [-0.05, 0) is 79.3 Å². The number of carbonyl (C=O) groups excluding carboxylic acids is 1. The number of H-pyrrole nitrogens is 1. The number of rotatable bonds is 6. The van der Waals surface area contributed by atoms with Gasteiger partial charge in [0.05, 0.1) is 27.7 Å². The second-order valence-corrected chi connectivity index (χ2v) is 10.6. The highest BCUT2D eigenvalue weighted by Gasteiger charge is 2.48. The number of phenolic OH excluding ortho intramolecular Hbond substituents is 1. The zero-order chi connectivity index (χ0) is 24.6. The number of aliphatic hydroxyl groups excluding tert-OH is 1. The summed E-state index contributed by atoms with van der Waals surface area (Å²) in [7, 11) is 0. The molecule has 0 saturated heterocycles. The summed E-state index contributed by atoms with van der Waals surface area (Å²) in [5.74, 6) is -0.336. The van der Waals surface area contributed by atoms with E-state index in [1.54, 1.807) is 30.3 Å². The normalized spacial score (nSPS) is 20.9. The summed E-state index contributed by atoms with van der Waals surface area (Å²) in [5.41, 5.74) is 2.01. The van der Waals surface area contributed by atoms with Crippen LogP contribution in [0.3, 0.4) is 0 Å².